The molecule has 0 N–H and O–H groups in total. The molecule has 20 heavy (non-hydrogen) atoms. The van der Waals surface area contributed by atoms with E-state index in [1.54, 1.807) is 0 Å². The SMILES string of the molecule is CC(C)C(=O)N1CCCN(C(=O)c2ccccc2)CC1. The Labute approximate surface area is 120 Å². The predicted octanol–water partition coefficient (Wildman–Crippen LogP) is 2.02. The van der Waals surface area contributed by atoms with Gasteiger partial charge in [0.1, 0.15) is 0 Å². The fourth-order valence-electron chi connectivity index (χ4n) is 2.47. The Morgan fingerprint density at radius 1 is 0.950 bits per heavy atom. The molecule has 4 nitrogen and oxygen atoms in total. The van der Waals surface area contributed by atoms with Gasteiger partial charge >= 0.3 is 0 Å². The molecule has 1 heterocycles. The van der Waals surface area contributed by atoms with Crippen molar-refractivity contribution in [2.75, 3.05) is 26.2 Å². The second kappa shape index (κ2) is 6.55. The molecule has 1 fully saturated rings. The van der Waals surface area contributed by atoms with Crippen molar-refractivity contribution in [2.45, 2.75) is 20.3 Å². The topological polar surface area (TPSA) is 40.6 Å². The third-order valence-corrected chi connectivity index (χ3v) is 3.61. The van der Waals surface area contributed by atoms with Gasteiger partial charge in [-0.25, -0.2) is 0 Å². The number of amides is 2. The van der Waals surface area contributed by atoms with Crippen molar-refractivity contribution in [3.63, 3.8) is 0 Å². The smallest absolute Gasteiger partial charge is 0.253 e. The van der Waals surface area contributed by atoms with Crippen LogP contribution < -0.4 is 0 Å². The highest BCUT2D eigenvalue weighted by Crippen LogP contribution is 2.11. The Morgan fingerprint density at radius 2 is 1.55 bits per heavy atom. The minimum atomic E-state index is 0.0198. The van der Waals surface area contributed by atoms with Gasteiger partial charge in [0.15, 0.2) is 0 Å². The summed E-state index contributed by atoms with van der Waals surface area (Å²) in [6, 6.07) is 9.33. The molecule has 0 radical (unpaired) electrons. The molecule has 2 amide bonds. The second-order valence-electron chi connectivity index (χ2n) is 5.49. The lowest BCUT2D eigenvalue weighted by molar-refractivity contribution is -0.134. The van der Waals surface area contributed by atoms with Crippen LogP contribution in [0, 0.1) is 5.92 Å². The number of benzene rings is 1. The molecular weight excluding hydrogens is 252 g/mol. The average Bonchev–Trinajstić information content (AvgIpc) is 2.72. The lowest BCUT2D eigenvalue weighted by Crippen LogP contribution is -2.38. The first kappa shape index (κ1) is 14.6. The Balaban J connectivity index is 1.99. The summed E-state index contributed by atoms with van der Waals surface area (Å²) in [5.41, 5.74) is 0.719. The van der Waals surface area contributed by atoms with Crippen molar-refractivity contribution < 1.29 is 9.59 Å². The number of rotatable bonds is 2. The fraction of sp³-hybridized carbons (Fsp3) is 0.500. The first-order valence-electron chi connectivity index (χ1n) is 7.22. The van der Waals surface area contributed by atoms with Crippen molar-refractivity contribution in [3.05, 3.63) is 35.9 Å². The number of nitrogens with zero attached hydrogens (tertiary/aromatic N) is 2. The van der Waals surface area contributed by atoms with Crippen LogP contribution in [-0.4, -0.2) is 47.8 Å². The molecule has 1 aromatic carbocycles. The van der Waals surface area contributed by atoms with Gasteiger partial charge in [-0.05, 0) is 18.6 Å². The summed E-state index contributed by atoms with van der Waals surface area (Å²) in [5, 5.41) is 0. The molecule has 0 atom stereocenters. The summed E-state index contributed by atoms with van der Waals surface area (Å²) in [4.78, 5) is 28.1. The highest BCUT2D eigenvalue weighted by molar-refractivity contribution is 5.94. The minimum absolute atomic E-state index is 0.0198. The number of carbonyl (C=O) groups is 2. The summed E-state index contributed by atoms with van der Waals surface area (Å²) in [5.74, 6) is 0.259. The van der Waals surface area contributed by atoms with E-state index in [1.807, 2.05) is 54.0 Å². The Bertz CT molecular complexity index is 471. The van der Waals surface area contributed by atoms with E-state index in [2.05, 4.69) is 0 Å². The first-order valence-corrected chi connectivity index (χ1v) is 7.22. The van der Waals surface area contributed by atoms with Crippen LogP contribution in [0.4, 0.5) is 0 Å². The molecule has 0 bridgehead atoms. The molecule has 0 spiro atoms. The predicted molar refractivity (Wildman–Crippen MR) is 78.4 cm³/mol. The molecule has 108 valence electrons. The minimum Gasteiger partial charge on any atom is -0.341 e. The molecule has 1 aliphatic heterocycles. The number of hydrogen-bond donors (Lipinski definition) is 0. The van der Waals surface area contributed by atoms with E-state index in [1.165, 1.54) is 0 Å². The second-order valence-corrected chi connectivity index (χ2v) is 5.49. The highest BCUT2D eigenvalue weighted by Gasteiger charge is 2.23. The van der Waals surface area contributed by atoms with Crippen molar-refractivity contribution >= 4 is 11.8 Å². The normalized spacial score (nSPS) is 16.1. The summed E-state index contributed by atoms with van der Waals surface area (Å²) in [6.07, 6.45) is 0.844. The van der Waals surface area contributed by atoms with Gasteiger partial charge in [-0.15, -0.1) is 0 Å². The van der Waals surface area contributed by atoms with Crippen LogP contribution in [0.15, 0.2) is 30.3 Å². The van der Waals surface area contributed by atoms with Gasteiger partial charge in [-0.1, -0.05) is 32.0 Å². The number of carbonyl (C=O) groups excluding carboxylic acids is 2. The van der Waals surface area contributed by atoms with Gasteiger partial charge in [0, 0.05) is 37.7 Å². The van der Waals surface area contributed by atoms with Crippen LogP contribution >= 0.6 is 0 Å². The molecule has 0 aromatic heterocycles. The van der Waals surface area contributed by atoms with Crippen LogP contribution in [0.25, 0.3) is 0 Å². The Hall–Kier alpha value is -1.84. The fourth-order valence-corrected chi connectivity index (χ4v) is 2.47. The average molecular weight is 274 g/mol. The van der Waals surface area contributed by atoms with Crippen LogP contribution in [0.2, 0.25) is 0 Å². The lowest BCUT2D eigenvalue weighted by Gasteiger charge is -2.23. The molecule has 4 heteroatoms. The molecule has 2 rings (SSSR count). The third-order valence-electron chi connectivity index (χ3n) is 3.61. The van der Waals surface area contributed by atoms with E-state index < -0.39 is 0 Å². The third kappa shape index (κ3) is 3.38. The van der Waals surface area contributed by atoms with Crippen molar-refractivity contribution in [1.29, 1.82) is 0 Å². The van der Waals surface area contributed by atoms with Crippen molar-refractivity contribution in [1.82, 2.24) is 9.80 Å². The van der Waals surface area contributed by atoms with Crippen LogP contribution in [-0.2, 0) is 4.79 Å². The van der Waals surface area contributed by atoms with Crippen molar-refractivity contribution in [2.24, 2.45) is 5.92 Å². The molecule has 1 saturated heterocycles. The monoisotopic (exact) mass is 274 g/mol. The molecule has 1 aliphatic rings. The maximum Gasteiger partial charge on any atom is 0.253 e. The molecule has 1 aromatic rings. The Morgan fingerprint density at radius 3 is 2.20 bits per heavy atom. The van der Waals surface area contributed by atoms with E-state index >= 15 is 0 Å². The van der Waals surface area contributed by atoms with Gasteiger partial charge < -0.3 is 9.80 Å². The van der Waals surface area contributed by atoms with Gasteiger partial charge in [0.25, 0.3) is 5.91 Å². The molecule has 0 saturated carbocycles. The zero-order chi connectivity index (χ0) is 14.5. The number of hydrogen-bond acceptors (Lipinski definition) is 2. The van der Waals surface area contributed by atoms with E-state index in [9.17, 15) is 9.59 Å². The zero-order valence-electron chi connectivity index (χ0n) is 12.2. The summed E-state index contributed by atoms with van der Waals surface area (Å²) < 4.78 is 0. The summed E-state index contributed by atoms with van der Waals surface area (Å²) in [7, 11) is 0. The lowest BCUT2D eigenvalue weighted by atomic mass is 10.2. The Kier molecular flexibility index (Phi) is 4.77. The quantitative estimate of drug-likeness (QED) is 0.828. The van der Waals surface area contributed by atoms with Crippen molar-refractivity contribution in [3.8, 4) is 0 Å². The highest BCUT2D eigenvalue weighted by atomic mass is 16.2. The molecular formula is C16H22N2O2. The molecule has 0 unspecified atom stereocenters. The molecule has 0 aliphatic carbocycles. The van der Waals surface area contributed by atoms with Crippen LogP contribution in [0.5, 0.6) is 0 Å². The maximum atomic E-state index is 12.4. The zero-order valence-corrected chi connectivity index (χ0v) is 12.2. The van der Waals surface area contributed by atoms with E-state index in [0.717, 1.165) is 25.1 Å². The summed E-state index contributed by atoms with van der Waals surface area (Å²) >= 11 is 0. The van der Waals surface area contributed by atoms with Gasteiger partial charge in [-0.2, -0.15) is 0 Å². The van der Waals surface area contributed by atoms with Gasteiger partial charge in [0.05, 0.1) is 0 Å². The van der Waals surface area contributed by atoms with E-state index in [-0.39, 0.29) is 17.7 Å². The van der Waals surface area contributed by atoms with Gasteiger partial charge in [-0.3, -0.25) is 9.59 Å². The van der Waals surface area contributed by atoms with Gasteiger partial charge in [0.2, 0.25) is 5.91 Å². The largest absolute Gasteiger partial charge is 0.341 e. The first-order chi connectivity index (χ1) is 9.59. The van der Waals surface area contributed by atoms with Crippen LogP contribution in [0.3, 0.4) is 0 Å². The van der Waals surface area contributed by atoms with Crippen LogP contribution in [0.1, 0.15) is 30.6 Å². The van der Waals surface area contributed by atoms with E-state index in [0.29, 0.717) is 13.1 Å². The maximum absolute atomic E-state index is 12.4. The standard InChI is InChI=1S/C16H22N2O2/c1-13(2)15(19)17-9-6-10-18(12-11-17)16(20)14-7-4-3-5-8-14/h3-5,7-8,13H,6,9-12H2,1-2H3. The van der Waals surface area contributed by atoms with E-state index in [4.69, 9.17) is 0 Å². The summed E-state index contributed by atoms with van der Waals surface area (Å²) in [6.45, 7) is 6.55.